The average Bonchev–Trinajstić information content (AvgIpc) is 2.97. The van der Waals surface area contributed by atoms with Gasteiger partial charge in [-0.2, -0.15) is 0 Å². The first-order valence-electron chi connectivity index (χ1n) is 7.74. The predicted octanol–water partition coefficient (Wildman–Crippen LogP) is 3.33. The molecule has 0 aromatic heterocycles. The van der Waals surface area contributed by atoms with Gasteiger partial charge in [0.15, 0.2) is 0 Å². The van der Waals surface area contributed by atoms with E-state index in [0.717, 1.165) is 11.1 Å². The van der Waals surface area contributed by atoms with Gasteiger partial charge < -0.3 is 10.0 Å². The largest absolute Gasteiger partial charge is 0.388 e. The van der Waals surface area contributed by atoms with Crippen LogP contribution in [0.2, 0.25) is 0 Å². The molecule has 114 valence electrons. The molecule has 0 bridgehead atoms. The van der Waals surface area contributed by atoms with E-state index in [-0.39, 0.29) is 17.9 Å². The highest BCUT2D eigenvalue weighted by Gasteiger charge is 2.37. The van der Waals surface area contributed by atoms with Crippen LogP contribution in [0.1, 0.15) is 36.6 Å². The summed E-state index contributed by atoms with van der Waals surface area (Å²) >= 11 is 0. The second-order valence-corrected chi connectivity index (χ2v) is 5.95. The number of rotatable bonds is 4. The first-order chi connectivity index (χ1) is 10.7. The van der Waals surface area contributed by atoms with E-state index >= 15 is 0 Å². The maximum absolute atomic E-state index is 12.4. The van der Waals surface area contributed by atoms with Gasteiger partial charge in [0.05, 0.1) is 12.1 Å². The number of hydrogen-bond acceptors (Lipinski definition) is 2. The third kappa shape index (κ3) is 2.90. The lowest BCUT2D eigenvalue weighted by Gasteiger charge is -2.26. The lowest BCUT2D eigenvalue weighted by molar-refractivity contribution is -0.129. The molecular formula is C19H21NO2. The van der Waals surface area contributed by atoms with E-state index in [2.05, 4.69) is 0 Å². The summed E-state index contributed by atoms with van der Waals surface area (Å²) in [5.74, 6) is 0.0809. The van der Waals surface area contributed by atoms with Gasteiger partial charge in [-0.3, -0.25) is 4.79 Å². The Morgan fingerprint density at radius 3 is 2.14 bits per heavy atom. The Morgan fingerprint density at radius 2 is 1.55 bits per heavy atom. The van der Waals surface area contributed by atoms with Crippen molar-refractivity contribution >= 4 is 5.91 Å². The summed E-state index contributed by atoms with van der Waals surface area (Å²) in [7, 11) is 0. The molecule has 3 nitrogen and oxygen atoms in total. The summed E-state index contributed by atoms with van der Waals surface area (Å²) in [6.07, 6.45) is -0.175. The molecule has 22 heavy (non-hydrogen) atoms. The molecule has 1 saturated heterocycles. The van der Waals surface area contributed by atoms with Gasteiger partial charge in [-0.05, 0) is 18.1 Å². The molecule has 0 spiro atoms. The van der Waals surface area contributed by atoms with Crippen molar-refractivity contribution in [3.63, 3.8) is 0 Å². The summed E-state index contributed by atoms with van der Waals surface area (Å²) < 4.78 is 0. The standard InChI is InChI=1S/C19H21NO2/c1-14(15-8-4-2-5-9-15)20-13-17(12-18(20)21)19(22)16-10-6-3-7-11-16/h2-11,14,17,19,22H,12-13H2,1H3. The van der Waals surface area contributed by atoms with Crippen molar-refractivity contribution in [1.82, 2.24) is 4.90 Å². The molecule has 1 aliphatic rings. The molecule has 2 aromatic carbocycles. The smallest absolute Gasteiger partial charge is 0.223 e. The maximum atomic E-state index is 12.4. The molecule has 3 heteroatoms. The summed E-state index contributed by atoms with van der Waals surface area (Å²) in [5.41, 5.74) is 2.01. The van der Waals surface area contributed by atoms with Gasteiger partial charge in [0, 0.05) is 18.9 Å². The Hall–Kier alpha value is -2.13. The molecule has 1 fully saturated rings. The molecular weight excluding hydrogens is 274 g/mol. The van der Waals surface area contributed by atoms with Crippen molar-refractivity contribution < 1.29 is 9.90 Å². The van der Waals surface area contributed by atoms with Crippen LogP contribution < -0.4 is 0 Å². The molecule has 1 aliphatic heterocycles. The SMILES string of the molecule is CC(c1ccccc1)N1CC(C(O)c2ccccc2)CC1=O. The van der Waals surface area contributed by atoms with Crippen LogP contribution in [0.4, 0.5) is 0 Å². The zero-order valence-corrected chi connectivity index (χ0v) is 12.7. The Morgan fingerprint density at radius 1 is 1.00 bits per heavy atom. The lowest BCUT2D eigenvalue weighted by atomic mass is 9.95. The second-order valence-electron chi connectivity index (χ2n) is 5.95. The topological polar surface area (TPSA) is 40.5 Å². The first-order valence-corrected chi connectivity index (χ1v) is 7.74. The zero-order chi connectivity index (χ0) is 15.5. The van der Waals surface area contributed by atoms with Gasteiger partial charge >= 0.3 is 0 Å². The number of carbonyl (C=O) groups excluding carboxylic acids is 1. The number of hydrogen-bond donors (Lipinski definition) is 1. The van der Waals surface area contributed by atoms with Crippen LogP contribution >= 0.6 is 0 Å². The molecule has 1 heterocycles. The number of benzene rings is 2. The van der Waals surface area contributed by atoms with Gasteiger partial charge in [-0.25, -0.2) is 0 Å². The Balaban J connectivity index is 1.73. The third-order valence-corrected chi connectivity index (χ3v) is 4.53. The summed E-state index contributed by atoms with van der Waals surface area (Å²) in [6, 6.07) is 19.7. The number of carbonyl (C=O) groups is 1. The van der Waals surface area contributed by atoms with Crippen LogP contribution in [0.3, 0.4) is 0 Å². The van der Waals surface area contributed by atoms with Crippen molar-refractivity contribution in [2.24, 2.45) is 5.92 Å². The monoisotopic (exact) mass is 295 g/mol. The molecule has 3 rings (SSSR count). The minimum absolute atomic E-state index is 0.0407. The van der Waals surface area contributed by atoms with Crippen molar-refractivity contribution in [2.75, 3.05) is 6.54 Å². The molecule has 0 saturated carbocycles. The quantitative estimate of drug-likeness (QED) is 0.940. The van der Waals surface area contributed by atoms with Crippen molar-refractivity contribution in [2.45, 2.75) is 25.5 Å². The highest BCUT2D eigenvalue weighted by atomic mass is 16.3. The molecule has 0 radical (unpaired) electrons. The van der Waals surface area contributed by atoms with E-state index in [9.17, 15) is 9.90 Å². The van der Waals surface area contributed by atoms with Crippen LogP contribution in [0.5, 0.6) is 0 Å². The maximum Gasteiger partial charge on any atom is 0.223 e. The van der Waals surface area contributed by atoms with E-state index < -0.39 is 6.10 Å². The number of likely N-dealkylation sites (tertiary alicyclic amines) is 1. The van der Waals surface area contributed by atoms with Crippen LogP contribution in [-0.2, 0) is 4.79 Å². The molecule has 2 aromatic rings. The Bertz CT molecular complexity index is 626. The number of amides is 1. The number of aliphatic hydroxyl groups excluding tert-OH is 1. The van der Waals surface area contributed by atoms with Crippen molar-refractivity contribution in [3.8, 4) is 0 Å². The summed E-state index contributed by atoms with van der Waals surface area (Å²) in [6.45, 7) is 2.65. The molecule has 3 unspecified atom stereocenters. The molecule has 0 aliphatic carbocycles. The second kappa shape index (κ2) is 6.32. The molecule has 3 atom stereocenters. The number of aliphatic hydroxyl groups is 1. The van der Waals surface area contributed by atoms with Crippen molar-refractivity contribution in [1.29, 1.82) is 0 Å². The van der Waals surface area contributed by atoms with Crippen LogP contribution in [-0.4, -0.2) is 22.5 Å². The first kappa shape index (κ1) is 14.8. The predicted molar refractivity (Wildman–Crippen MR) is 86.1 cm³/mol. The van der Waals surface area contributed by atoms with Gasteiger partial charge in [0.1, 0.15) is 0 Å². The van der Waals surface area contributed by atoms with Gasteiger partial charge in [0.25, 0.3) is 0 Å². The molecule has 1 N–H and O–H groups in total. The minimum Gasteiger partial charge on any atom is -0.388 e. The number of nitrogens with zero attached hydrogens (tertiary/aromatic N) is 1. The fourth-order valence-corrected chi connectivity index (χ4v) is 3.18. The van der Waals surface area contributed by atoms with Crippen LogP contribution in [0.15, 0.2) is 60.7 Å². The van der Waals surface area contributed by atoms with Gasteiger partial charge in [0.2, 0.25) is 5.91 Å². The summed E-state index contributed by atoms with van der Waals surface area (Å²) in [4.78, 5) is 14.2. The summed E-state index contributed by atoms with van der Waals surface area (Å²) in [5, 5.41) is 10.5. The van der Waals surface area contributed by atoms with Crippen LogP contribution in [0.25, 0.3) is 0 Å². The minimum atomic E-state index is -0.585. The van der Waals surface area contributed by atoms with E-state index in [1.807, 2.05) is 72.5 Å². The van der Waals surface area contributed by atoms with Gasteiger partial charge in [-0.1, -0.05) is 60.7 Å². The zero-order valence-electron chi connectivity index (χ0n) is 12.7. The Labute approximate surface area is 131 Å². The fraction of sp³-hybridized carbons (Fsp3) is 0.316. The normalized spacial score (nSPS) is 20.9. The lowest BCUT2D eigenvalue weighted by Crippen LogP contribution is -2.29. The van der Waals surface area contributed by atoms with E-state index in [1.54, 1.807) is 0 Å². The van der Waals surface area contributed by atoms with Crippen LogP contribution in [0, 0.1) is 5.92 Å². The van der Waals surface area contributed by atoms with E-state index in [4.69, 9.17) is 0 Å². The van der Waals surface area contributed by atoms with Crippen molar-refractivity contribution in [3.05, 3.63) is 71.8 Å². The third-order valence-electron chi connectivity index (χ3n) is 4.53. The highest BCUT2D eigenvalue weighted by Crippen LogP contribution is 2.34. The fourth-order valence-electron chi connectivity index (χ4n) is 3.18. The van der Waals surface area contributed by atoms with E-state index in [0.29, 0.717) is 13.0 Å². The molecule has 1 amide bonds. The average molecular weight is 295 g/mol. The Kier molecular flexibility index (Phi) is 4.25. The van der Waals surface area contributed by atoms with Gasteiger partial charge in [-0.15, -0.1) is 0 Å². The highest BCUT2D eigenvalue weighted by molar-refractivity contribution is 5.79. The van der Waals surface area contributed by atoms with E-state index in [1.165, 1.54) is 0 Å².